The second-order valence-corrected chi connectivity index (χ2v) is 14.0. The summed E-state index contributed by atoms with van der Waals surface area (Å²) in [5, 5.41) is 4.99. The van der Waals surface area contributed by atoms with Crippen molar-refractivity contribution in [2.75, 3.05) is 36.3 Å². The smallest absolute Gasteiger partial charge is 0.242 e. The van der Waals surface area contributed by atoms with Crippen molar-refractivity contribution in [1.29, 1.82) is 0 Å². The molecule has 0 aliphatic carbocycles. The molecule has 2 fully saturated rings. The van der Waals surface area contributed by atoms with Gasteiger partial charge in [-0.1, -0.05) is 0 Å². The van der Waals surface area contributed by atoms with Gasteiger partial charge < -0.3 is 10.6 Å². The Bertz CT molecular complexity index is 944. The van der Waals surface area contributed by atoms with E-state index >= 15 is 0 Å². The van der Waals surface area contributed by atoms with E-state index in [1.54, 1.807) is 0 Å². The monoisotopic (exact) mass is 473 g/mol. The van der Waals surface area contributed by atoms with Crippen LogP contribution in [-0.4, -0.2) is 85.0 Å². The molecule has 0 spiro atoms. The summed E-state index contributed by atoms with van der Waals surface area (Å²) in [6.07, 6.45) is 0.720. The first-order chi connectivity index (χ1) is 13.2. The maximum Gasteiger partial charge on any atom is 0.242 e. The zero-order valence-electron chi connectivity index (χ0n) is 16.3. The molecule has 11 nitrogen and oxygen atoms in total. The second-order valence-electron chi connectivity index (χ2n) is 7.66. The summed E-state index contributed by atoms with van der Waals surface area (Å²) in [6.45, 7) is 0. The highest BCUT2D eigenvalue weighted by molar-refractivity contribution is 7.91. The molecule has 0 bridgehead atoms. The largest absolute Gasteiger partial charge is 0.357 e. The van der Waals surface area contributed by atoms with E-state index in [0.29, 0.717) is 0 Å². The minimum absolute atomic E-state index is 0.105. The van der Waals surface area contributed by atoms with Gasteiger partial charge in [-0.3, -0.25) is 9.59 Å². The molecular weight excluding hydrogens is 446 g/mol. The van der Waals surface area contributed by atoms with Gasteiger partial charge in [-0.25, -0.2) is 25.3 Å². The van der Waals surface area contributed by atoms with E-state index in [9.17, 15) is 34.8 Å². The van der Waals surface area contributed by atoms with E-state index in [0.717, 1.165) is 6.26 Å². The van der Waals surface area contributed by atoms with Crippen molar-refractivity contribution in [3.05, 3.63) is 0 Å². The summed E-state index contributed by atoms with van der Waals surface area (Å²) in [6, 6.07) is -1.06. The Labute approximate surface area is 171 Å². The van der Waals surface area contributed by atoms with Crippen LogP contribution in [0.4, 0.5) is 0 Å². The molecule has 0 radical (unpaired) electrons. The number of carbonyl (C=O) groups is 2. The van der Waals surface area contributed by atoms with Crippen molar-refractivity contribution in [3.63, 3.8) is 0 Å². The van der Waals surface area contributed by atoms with Gasteiger partial charge in [-0.15, -0.1) is 0 Å². The molecule has 1 unspecified atom stereocenters. The highest BCUT2D eigenvalue weighted by Gasteiger charge is 2.47. The summed E-state index contributed by atoms with van der Waals surface area (Å²) < 4.78 is 72.8. The van der Waals surface area contributed by atoms with Gasteiger partial charge >= 0.3 is 0 Å². The summed E-state index contributed by atoms with van der Waals surface area (Å²) in [4.78, 5) is 25.5. The fourth-order valence-corrected chi connectivity index (χ4v) is 7.75. The molecule has 168 valence electrons. The number of hydrogen-bond acceptors (Lipinski definition) is 8. The van der Waals surface area contributed by atoms with Crippen molar-refractivity contribution >= 4 is 41.5 Å². The zero-order valence-corrected chi connectivity index (χ0v) is 18.8. The minimum Gasteiger partial charge on any atom is -0.357 e. The molecule has 2 amide bonds. The quantitative estimate of drug-likeness (QED) is 0.381. The van der Waals surface area contributed by atoms with Gasteiger partial charge in [0.05, 0.1) is 29.3 Å². The Hall–Kier alpha value is -1.25. The Morgan fingerprint density at radius 2 is 1.45 bits per heavy atom. The Kier molecular flexibility index (Phi) is 7.02. The molecule has 0 aromatic carbocycles. The lowest BCUT2D eigenvalue weighted by molar-refractivity contribution is -0.133. The van der Waals surface area contributed by atoms with Gasteiger partial charge in [-0.05, 0) is 31.6 Å². The minimum atomic E-state index is -3.85. The normalized spacial score (nSPS) is 24.9. The standard InChI is InChI=1S/C15H27N3O8S3/c1-16-13(19)12(11-3-7-28(23,24)8-4-11)17-14(20)15(18-27(2,21)22)5-9-29(25,26)10-6-15/h11-12,18H,3-10H2,1-2H3,(H,16,19)(H,17,20). The van der Waals surface area contributed by atoms with E-state index in [1.165, 1.54) is 7.05 Å². The van der Waals surface area contributed by atoms with Crippen molar-refractivity contribution in [2.24, 2.45) is 5.92 Å². The molecule has 2 rings (SSSR count). The zero-order chi connectivity index (χ0) is 22.1. The average Bonchev–Trinajstić information content (AvgIpc) is 2.60. The van der Waals surface area contributed by atoms with Crippen LogP contribution in [0, 0.1) is 5.92 Å². The van der Waals surface area contributed by atoms with Crippen molar-refractivity contribution < 1.29 is 34.8 Å². The Morgan fingerprint density at radius 1 is 0.966 bits per heavy atom. The number of sulfonamides is 1. The lowest BCUT2D eigenvalue weighted by atomic mass is 9.89. The van der Waals surface area contributed by atoms with Crippen LogP contribution in [0.15, 0.2) is 0 Å². The second kappa shape index (κ2) is 8.47. The average molecular weight is 474 g/mol. The van der Waals surface area contributed by atoms with Gasteiger partial charge in [0.1, 0.15) is 31.3 Å². The third-order valence-corrected chi connectivity index (χ3v) is 9.51. The maximum atomic E-state index is 13.1. The predicted octanol–water partition coefficient (Wildman–Crippen LogP) is -2.46. The van der Waals surface area contributed by atoms with Crippen LogP contribution < -0.4 is 15.4 Å². The van der Waals surface area contributed by atoms with Gasteiger partial charge in [-0.2, -0.15) is 4.72 Å². The van der Waals surface area contributed by atoms with E-state index in [4.69, 9.17) is 0 Å². The molecule has 2 aliphatic heterocycles. The molecule has 2 saturated heterocycles. The molecule has 0 saturated carbocycles. The first-order valence-electron chi connectivity index (χ1n) is 9.11. The van der Waals surface area contributed by atoms with Crippen molar-refractivity contribution in [1.82, 2.24) is 15.4 Å². The molecule has 0 aromatic heterocycles. The predicted molar refractivity (Wildman–Crippen MR) is 106 cm³/mol. The van der Waals surface area contributed by atoms with E-state index < -0.39 is 59.0 Å². The van der Waals surface area contributed by atoms with E-state index in [-0.39, 0.29) is 48.7 Å². The van der Waals surface area contributed by atoms with Crippen LogP contribution in [0.25, 0.3) is 0 Å². The van der Waals surface area contributed by atoms with Gasteiger partial charge in [0, 0.05) is 7.05 Å². The fourth-order valence-electron chi connectivity index (χ4n) is 3.69. The molecule has 1 atom stereocenters. The molecular formula is C15H27N3O8S3. The van der Waals surface area contributed by atoms with Gasteiger partial charge in [0.2, 0.25) is 21.8 Å². The van der Waals surface area contributed by atoms with Gasteiger partial charge in [0.25, 0.3) is 0 Å². The van der Waals surface area contributed by atoms with Crippen LogP contribution in [0.5, 0.6) is 0 Å². The third kappa shape index (κ3) is 6.36. The van der Waals surface area contributed by atoms with E-state index in [1.807, 2.05) is 0 Å². The fraction of sp³-hybridized carbons (Fsp3) is 0.867. The summed E-state index contributed by atoms with van der Waals surface area (Å²) >= 11 is 0. The third-order valence-electron chi connectivity index (χ3n) is 5.38. The summed E-state index contributed by atoms with van der Waals surface area (Å²) in [5.74, 6) is -2.70. The maximum absolute atomic E-state index is 13.1. The van der Waals surface area contributed by atoms with Crippen LogP contribution >= 0.6 is 0 Å². The Balaban J connectivity index is 2.27. The number of likely N-dealkylation sites (N-methyl/N-ethyl adjacent to an activating group) is 1. The van der Waals surface area contributed by atoms with Crippen molar-refractivity contribution in [3.8, 4) is 0 Å². The summed E-state index contributed by atoms with van der Waals surface area (Å²) in [5.41, 5.74) is -1.69. The number of hydrogen-bond donors (Lipinski definition) is 3. The first kappa shape index (κ1) is 24.0. The van der Waals surface area contributed by atoms with Crippen LogP contribution in [0.2, 0.25) is 0 Å². The number of nitrogens with one attached hydrogen (secondary N) is 3. The number of sulfone groups is 2. The first-order valence-corrected chi connectivity index (χ1v) is 14.6. The summed E-state index contributed by atoms with van der Waals surface area (Å²) in [7, 11) is -9.05. The lowest BCUT2D eigenvalue weighted by Crippen LogP contribution is -2.65. The van der Waals surface area contributed by atoms with Crippen molar-refractivity contribution in [2.45, 2.75) is 37.3 Å². The number of rotatable bonds is 6. The molecule has 3 N–H and O–H groups in total. The van der Waals surface area contributed by atoms with Crippen LogP contribution in [0.1, 0.15) is 25.7 Å². The van der Waals surface area contributed by atoms with Crippen LogP contribution in [-0.2, 0) is 39.3 Å². The number of amides is 2. The highest BCUT2D eigenvalue weighted by Crippen LogP contribution is 2.27. The SMILES string of the molecule is CNC(=O)C(NC(=O)C1(NS(C)(=O)=O)CCS(=O)(=O)CC1)C1CCS(=O)(=O)CC1. The van der Waals surface area contributed by atoms with Gasteiger partial charge in [0.15, 0.2) is 0 Å². The Morgan fingerprint density at radius 3 is 1.90 bits per heavy atom. The molecule has 2 aliphatic rings. The molecule has 0 aromatic rings. The lowest BCUT2D eigenvalue weighted by Gasteiger charge is -2.38. The highest BCUT2D eigenvalue weighted by atomic mass is 32.2. The van der Waals surface area contributed by atoms with Crippen LogP contribution in [0.3, 0.4) is 0 Å². The molecule has 2 heterocycles. The molecule has 29 heavy (non-hydrogen) atoms. The molecule has 14 heteroatoms. The number of carbonyl (C=O) groups excluding carboxylic acids is 2. The van der Waals surface area contributed by atoms with E-state index in [2.05, 4.69) is 15.4 Å². The topological polar surface area (TPSA) is 173 Å².